The molecule has 0 saturated heterocycles. The van der Waals surface area contributed by atoms with Crippen molar-refractivity contribution in [3.05, 3.63) is 0 Å². The van der Waals surface area contributed by atoms with Crippen LogP contribution in [-0.2, 0) is 29.1 Å². The SMILES string of the molecule is CC(=O)O.CCCCCCCCCCCCCCCCCC(=O)O.[H-].[K+].[Zn]. The fourth-order valence-electron chi connectivity index (χ4n) is 2.65. The van der Waals surface area contributed by atoms with Gasteiger partial charge >= 0.3 is 57.4 Å². The van der Waals surface area contributed by atoms with Crippen molar-refractivity contribution < 1.29 is 92.1 Å². The van der Waals surface area contributed by atoms with Crippen molar-refractivity contribution in [1.82, 2.24) is 0 Å². The van der Waals surface area contributed by atoms with Crippen LogP contribution in [0.4, 0.5) is 0 Å². The Bertz CT molecular complexity index is 291. The Morgan fingerprint density at radius 3 is 1.12 bits per heavy atom. The molecule has 6 heteroatoms. The number of rotatable bonds is 16. The molecule has 2 N–H and O–H groups in total. The van der Waals surface area contributed by atoms with Crippen LogP contribution in [0.3, 0.4) is 0 Å². The smallest absolute Gasteiger partial charge is 1.00 e. The first kappa shape index (κ1) is 34.7. The van der Waals surface area contributed by atoms with Crippen molar-refractivity contribution >= 4 is 11.9 Å². The van der Waals surface area contributed by atoms with E-state index in [9.17, 15) is 4.79 Å². The van der Waals surface area contributed by atoms with Crippen LogP contribution < -0.4 is 51.4 Å². The van der Waals surface area contributed by atoms with E-state index in [4.69, 9.17) is 15.0 Å². The van der Waals surface area contributed by atoms with Crippen LogP contribution in [0.5, 0.6) is 0 Å². The quantitative estimate of drug-likeness (QED) is 0.279. The van der Waals surface area contributed by atoms with E-state index in [1.54, 1.807) is 0 Å². The molecule has 0 unspecified atom stereocenters. The molecule has 0 aliphatic carbocycles. The van der Waals surface area contributed by atoms with Crippen LogP contribution in [0, 0.1) is 0 Å². The molecule has 148 valence electrons. The van der Waals surface area contributed by atoms with E-state index in [-0.39, 0.29) is 72.3 Å². The third-order valence-corrected chi connectivity index (χ3v) is 3.99. The number of carbonyl (C=O) groups is 2. The second-order valence-corrected chi connectivity index (χ2v) is 6.61. The van der Waals surface area contributed by atoms with Gasteiger partial charge in [0.05, 0.1) is 0 Å². The van der Waals surface area contributed by atoms with Gasteiger partial charge in [-0.3, -0.25) is 9.59 Å². The molecule has 0 aliphatic rings. The Kier molecular flexibility index (Phi) is 41.2. The molecular formula is C20H41KO4Zn. The predicted octanol–water partition coefficient (Wildman–Crippen LogP) is 3.54. The van der Waals surface area contributed by atoms with Gasteiger partial charge < -0.3 is 11.6 Å². The summed E-state index contributed by atoms with van der Waals surface area (Å²) in [6.45, 7) is 3.35. The molecule has 0 bridgehead atoms. The van der Waals surface area contributed by atoms with Gasteiger partial charge in [0.25, 0.3) is 5.97 Å². The van der Waals surface area contributed by atoms with Gasteiger partial charge in [-0.2, -0.15) is 0 Å². The first-order valence-electron chi connectivity index (χ1n) is 9.92. The molecule has 0 aromatic rings. The summed E-state index contributed by atoms with van der Waals surface area (Å²) in [5, 5.41) is 15.9. The van der Waals surface area contributed by atoms with Gasteiger partial charge in [-0.1, -0.05) is 96.8 Å². The van der Waals surface area contributed by atoms with Gasteiger partial charge in [0.15, 0.2) is 0 Å². The minimum atomic E-state index is -0.833. The standard InChI is InChI=1S/C18H36O2.C2H4O2.K.Zn.H/c1-2-3-4-5-6-7-8-9-10-11-12-13-14-15-16-17-18(19)20;1-2(3)4;;;/h2-17H2,1H3,(H,19,20);1H3,(H,3,4);;;/q;;+1;;-1. The molecule has 0 aromatic heterocycles. The zero-order valence-corrected chi connectivity index (χ0v) is 23.8. The predicted molar refractivity (Wildman–Crippen MR) is 102 cm³/mol. The maximum Gasteiger partial charge on any atom is 1.00 e. The summed E-state index contributed by atoms with van der Waals surface area (Å²) in [6.07, 6.45) is 20.2. The number of carboxylic acid groups (broad SMARTS) is 2. The van der Waals surface area contributed by atoms with Gasteiger partial charge in [0.1, 0.15) is 0 Å². The molecular weight excluding hydrogens is 409 g/mol. The molecule has 0 spiro atoms. The summed E-state index contributed by atoms with van der Waals surface area (Å²) in [6, 6.07) is 0. The molecule has 26 heavy (non-hydrogen) atoms. The number of hydrogen-bond acceptors (Lipinski definition) is 2. The Hall–Kier alpha value is 1.20. The van der Waals surface area contributed by atoms with E-state index in [0.717, 1.165) is 19.8 Å². The third-order valence-electron chi connectivity index (χ3n) is 3.99. The van der Waals surface area contributed by atoms with Crippen molar-refractivity contribution in [2.45, 2.75) is 117 Å². The molecule has 4 nitrogen and oxygen atoms in total. The van der Waals surface area contributed by atoms with Crippen molar-refractivity contribution in [3.8, 4) is 0 Å². The largest absolute Gasteiger partial charge is 1.00 e. The second-order valence-electron chi connectivity index (χ2n) is 6.61. The topological polar surface area (TPSA) is 74.6 Å². The molecule has 0 radical (unpaired) electrons. The van der Waals surface area contributed by atoms with Gasteiger partial charge in [0, 0.05) is 32.8 Å². The third kappa shape index (κ3) is 44.6. The Morgan fingerprint density at radius 1 is 0.654 bits per heavy atom. The minimum Gasteiger partial charge on any atom is -1.00 e. The number of aliphatic carboxylic acids is 2. The van der Waals surface area contributed by atoms with Crippen LogP contribution in [0.2, 0.25) is 0 Å². The number of unbranched alkanes of at least 4 members (excludes halogenated alkanes) is 14. The normalized spacial score (nSPS) is 9.31. The summed E-state index contributed by atoms with van der Waals surface area (Å²) in [7, 11) is 0. The summed E-state index contributed by atoms with van der Waals surface area (Å²) >= 11 is 0. The summed E-state index contributed by atoms with van der Waals surface area (Å²) in [4.78, 5) is 19.3. The number of carboxylic acids is 2. The fourth-order valence-corrected chi connectivity index (χ4v) is 2.65. The van der Waals surface area contributed by atoms with E-state index in [2.05, 4.69) is 6.92 Å². The van der Waals surface area contributed by atoms with E-state index < -0.39 is 11.9 Å². The van der Waals surface area contributed by atoms with Crippen molar-refractivity contribution in [3.63, 3.8) is 0 Å². The molecule has 0 rings (SSSR count). The summed E-state index contributed by atoms with van der Waals surface area (Å²) < 4.78 is 0. The van der Waals surface area contributed by atoms with Crippen LogP contribution in [0.25, 0.3) is 0 Å². The molecule has 0 saturated carbocycles. The van der Waals surface area contributed by atoms with Gasteiger partial charge in [0.2, 0.25) is 0 Å². The Balaban J connectivity index is -0.000000209. The average Bonchev–Trinajstić information content (AvgIpc) is 2.50. The van der Waals surface area contributed by atoms with E-state index >= 15 is 0 Å². The molecule has 0 fully saturated rings. The molecule has 0 atom stereocenters. The van der Waals surface area contributed by atoms with Crippen LogP contribution in [0.15, 0.2) is 0 Å². The first-order valence-corrected chi connectivity index (χ1v) is 9.92. The zero-order chi connectivity index (χ0) is 18.5. The summed E-state index contributed by atoms with van der Waals surface area (Å²) in [5.41, 5.74) is 0. The van der Waals surface area contributed by atoms with Crippen LogP contribution in [-0.4, -0.2) is 22.2 Å². The van der Waals surface area contributed by atoms with Crippen molar-refractivity contribution in [1.29, 1.82) is 0 Å². The van der Waals surface area contributed by atoms with Crippen molar-refractivity contribution in [2.24, 2.45) is 0 Å². The second kappa shape index (κ2) is 30.9. The minimum absolute atomic E-state index is 0. The number of hydrogen-bond donors (Lipinski definition) is 2. The average molecular weight is 450 g/mol. The molecule has 0 aliphatic heterocycles. The van der Waals surface area contributed by atoms with E-state index in [1.807, 2.05) is 0 Å². The van der Waals surface area contributed by atoms with Crippen molar-refractivity contribution in [2.75, 3.05) is 0 Å². The maximum absolute atomic E-state index is 10.3. The first-order chi connectivity index (χ1) is 11.5. The molecule has 0 amide bonds. The Morgan fingerprint density at radius 2 is 0.885 bits per heavy atom. The monoisotopic (exact) mass is 448 g/mol. The molecule has 0 heterocycles. The zero-order valence-electron chi connectivity index (χ0n) is 18.7. The van der Waals surface area contributed by atoms with E-state index in [1.165, 1.54) is 83.5 Å². The maximum atomic E-state index is 10.3. The van der Waals surface area contributed by atoms with Gasteiger partial charge in [-0.15, -0.1) is 0 Å². The van der Waals surface area contributed by atoms with Crippen LogP contribution >= 0.6 is 0 Å². The fraction of sp³-hybridized carbons (Fsp3) is 0.900. The van der Waals surface area contributed by atoms with Crippen LogP contribution in [0.1, 0.15) is 118 Å². The van der Waals surface area contributed by atoms with E-state index in [0.29, 0.717) is 6.42 Å². The Labute approximate surface area is 218 Å². The summed E-state index contributed by atoms with van der Waals surface area (Å²) in [5.74, 6) is -1.49. The molecule has 0 aromatic carbocycles. The van der Waals surface area contributed by atoms with Gasteiger partial charge in [-0.25, -0.2) is 0 Å². The van der Waals surface area contributed by atoms with Gasteiger partial charge in [-0.05, 0) is 6.42 Å².